The number of hydrogen-bond acceptors (Lipinski definition) is 2. The van der Waals surface area contributed by atoms with Crippen LogP contribution in [-0.2, 0) is 6.42 Å². The molecule has 2 nitrogen and oxygen atoms in total. The number of hydrogen-bond donors (Lipinski definition) is 1. The van der Waals surface area contributed by atoms with Crippen LogP contribution in [0, 0.1) is 5.92 Å². The highest BCUT2D eigenvalue weighted by molar-refractivity contribution is 5.84. The molecule has 0 aliphatic rings. The summed E-state index contributed by atoms with van der Waals surface area (Å²) < 4.78 is 0. The minimum Gasteiger partial charge on any atom is -0.314 e. The molecule has 2 aromatic rings. The average Bonchev–Trinajstić information content (AvgIpc) is 2.37. The van der Waals surface area contributed by atoms with Gasteiger partial charge in [-0.25, -0.2) is 0 Å². The monoisotopic (exact) mass is 242 g/mol. The van der Waals surface area contributed by atoms with Crippen LogP contribution in [0.3, 0.4) is 0 Å². The van der Waals surface area contributed by atoms with Crippen LogP contribution in [0.2, 0.25) is 0 Å². The molecular weight excluding hydrogens is 220 g/mol. The molecule has 2 rings (SSSR count). The average molecular weight is 242 g/mol. The number of aromatic nitrogens is 1. The lowest BCUT2D eigenvalue weighted by molar-refractivity contribution is 0.476. The minimum absolute atomic E-state index is 0.554. The Kier molecular flexibility index (Phi) is 4.32. The second kappa shape index (κ2) is 5.96. The zero-order valence-electron chi connectivity index (χ0n) is 11.5. The summed E-state index contributed by atoms with van der Waals surface area (Å²) in [6.07, 6.45) is 5.03. The largest absolute Gasteiger partial charge is 0.314 e. The molecule has 1 heterocycles. The molecule has 1 N–H and O–H groups in total. The van der Waals surface area contributed by atoms with Gasteiger partial charge in [-0.15, -0.1) is 0 Å². The number of rotatable bonds is 5. The van der Waals surface area contributed by atoms with E-state index >= 15 is 0 Å². The Hall–Kier alpha value is -1.41. The first-order valence-corrected chi connectivity index (χ1v) is 6.72. The molecule has 0 spiro atoms. The SMILES string of the molecule is CC(CNC(C)C)Cc1cncc2ccccc12. The van der Waals surface area contributed by atoms with Crippen LogP contribution in [0.1, 0.15) is 26.3 Å². The highest BCUT2D eigenvalue weighted by Crippen LogP contribution is 2.19. The molecule has 0 aliphatic heterocycles. The number of nitrogens with zero attached hydrogens (tertiary/aromatic N) is 1. The Morgan fingerprint density at radius 3 is 2.67 bits per heavy atom. The van der Waals surface area contributed by atoms with Crippen LogP contribution in [0.15, 0.2) is 36.7 Å². The molecule has 0 radical (unpaired) electrons. The van der Waals surface area contributed by atoms with E-state index in [2.05, 4.69) is 55.3 Å². The van der Waals surface area contributed by atoms with Gasteiger partial charge in [0.25, 0.3) is 0 Å². The molecule has 1 aromatic carbocycles. The van der Waals surface area contributed by atoms with Gasteiger partial charge in [-0.05, 0) is 29.8 Å². The van der Waals surface area contributed by atoms with E-state index in [1.807, 2.05) is 12.4 Å². The Morgan fingerprint density at radius 2 is 1.89 bits per heavy atom. The molecule has 0 saturated heterocycles. The van der Waals surface area contributed by atoms with Gasteiger partial charge in [-0.3, -0.25) is 4.98 Å². The van der Waals surface area contributed by atoms with Crippen molar-refractivity contribution in [1.82, 2.24) is 10.3 Å². The molecular formula is C16H22N2. The number of nitrogens with one attached hydrogen (secondary N) is 1. The topological polar surface area (TPSA) is 24.9 Å². The predicted octanol–water partition coefficient (Wildman–Crippen LogP) is 3.41. The van der Waals surface area contributed by atoms with E-state index < -0.39 is 0 Å². The Bertz CT molecular complexity index is 500. The lowest BCUT2D eigenvalue weighted by atomic mass is 9.98. The predicted molar refractivity (Wildman–Crippen MR) is 77.7 cm³/mol. The molecule has 0 fully saturated rings. The molecule has 96 valence electrons. The summed E-state index contributed by atoms with van der Waals surface area (Å²) in [5.74, 6) is 0.625. The van der Waals surface area contributed by atoms with Gasteiger partial charge in [0.15, 0.2) is 0 Å². The smallest absolute Gasteiger partial charge is 0.0346 e. The van der Waals surface area contributed by atoms with Crippen LogP contribution in [0.5, 0.6) is 0 Å². The van der Waals surface area contributed by atoms with Gasteiger partial charge in [-0.2, -0.15) is 0 Å². The first-order valence-electron chi connectivity index (χ1n) is 6.72. The lowest BCUT2D eigenvalue weighted by Gasteiger charge is -2.15. The summed E-state index contributed by atoms with van der Waals surface area (Å²) in [4.78, 5) is 4.34. The van der Waals surface area contributed by atoms with E-state index in [0.717, 1.165) is 13.0 Å². The summed E-state index contributed by atoms with van der Waals surface area (Å²) in [6.45, 7) is 7.72. The fourth-order valence-corrected chi connectivity index (χ4v) is 2.23. The molecule has 2 heteroatoms. The van der Waals surface area contributed by atoms with Crippen molar-refractivity contribution in [3.63, 3.8) is 0 Å². The maximum Gasteiger partial charge on any atom is 0.0346 e. The Balaban J connectivity index is 2.11. The van der Waals surface area contributed by atoms with E-state index in [-0.39, 0.29) is 0 Å². The number of pyridine rings is 1. The van der Waals surface area contributed by atoms with E-state index in [1.54, 1.807) is 0 Å². The van der Waals surface area contributed by atoms with Crippen molar-refractivity contribution in [1.29, 1.82) is 0 Å². The Labute approximate surface area is 109 Å². The van der Waals surface area contributed by atoms with Crippen LogP contribution >= 0.6 is 0 Å². The number of fused-ring (bicyclic) bond motifs is 1. The van der Waals surface area contributed by atoms with Gasteiger partial charge in [0.2, 0.25) is 0 Å². The van der Waals surface area contributed by atoms with Gasteiger partial charge in [0.05, 0.1) is 0 Å². The first kappa shape index (κ1) is 13.0. The fourth-order valence-electron chi connectivity index (χ4n) is 2.23. The zero-order valence-corrected chi connectivity index (χ0v) is 11.5. The normalized spacial score (nSPS) is 13.1. The Morgan fingerprint density at radius 1 is 1.11 bits per heavy atom. The second-order valence-corrected chi connectivity index (χ2v) is 5.39. The van der Waals surface area contributed by atoms with E-state index in [9.17, 15) is 0 Å². The van der Waals surface area contributed by atoms with E-state index in [1.165, 1.54) is 16.3 Å². The molecule has 1 atom stereocenters. The van der Waals surface area contributed by atoms with Crippen molar-refractivity contribution in [3.05, 3.63) is 42.2 Å². The summed E-state index contributed by atoms with van der Waals surface area (Å²) in [5, 5.41) is 6.07. The van der Waals surface area contributed by atoms with Crippen molar-refractivity contribution >= 4 is 10.8 Å². The summed E-state index contributed by atoms with van der Waals surface area (Å²) in [6, 6.07) is 9.04. The molecule has 0 bridgehead atoms. The molecule has 1 unspecified atom stereocenters. The minimum atomic E-state index is 0.554. The van der Waals surface area contributed by atoms with Gasteiger partial charge >= 0.3 is 0 Å². The van der Waals surface area contributed by atoms with Crippen LogP contribution in [0.4, 0.5) is 0 Å². The standard InChI is InChI=1S/C16H22N2/c1-12(2)18-9-13(3)8-15-11-17-10-14-6-4-5-7-16(14)15/h4-7,10-13,18H,8-9H2,1-3H3. The highest BCUT2D eigenvalue weighted by Gasteiger charge is 2.07. The fraction of sp³-hybridized carbons (Fsp3) is 0.438. The van der Waals surface area contributed by atoms with Gasteiger partial charge < -0.3 is 5.32 Å². The summed E-state index contributed by atoms with van der Waals surface area (Å²) >= 11 is 0. The maximum absolute atomic E-state index is 4.34. The summed E-state index contributed by atoms with van der Waals surface area (Å²) in [5.41, 5.74) is 1.35. The lowest BCUT2D eigenvalue weighted by Crippen LogP contribution is -2.28. The molecule has 0 aliphatic carbocycles. The van der Waals surface area contributed by atoms with Gasteiger partial charge in [0, 0.05) is 23.8 Å². The third-order valence-electron chi connectivity index (χ3n) is 3.19. The van der Waals surface area contributed by atoms with Gasteiger partial charge in [-0.1, -0.05) is 45.0 Å². The quantitative estimate of drug-likeness (QED) is 0.869. The van der Waals surface area contributed by atoms with E-state index in [0.29, 0.717) is 12.0 Å². The third-order valence-corrected chi connectivity index (χ3v) is 3.19. The number of benzene rings is 1. The first-order chi connectivity index (χ1) is 8.66. The van der Waals surface area contributed by atoms with Crippen LogP contribution in [0.25, 0.3) is 10.8 Å². The maximum atomic E-state index is 4.34. The van der Waals surface area contributed by atoms with Crippen molar-refractivity contribution in [2.24, 2.45) is 5.92 Å². The van der Waals surface area contributed by atoms with Crippen LogP contribution < -0.4 is 5.32 Å². The molecule has 0 saturated carbocycles. The van der Waals surface area contributed by atoms with Crippen molar-refractivity contribution < 1.29 is 0 Å². The highest BCUT2D eigenvalue weighted by atomic mass is 14.9. The molecule has 1 aromatic heterocycles. The molecule has 18 heavy (non-hydrogen) atoms. The van der Waals surface area contributed by atoms with Crippen molar-refractivity contribution in [3.8, 4) is 0 Å². The van der Waals surface area contributed by atoms with Crippen LogP contribution in [-0.4, -0.2) is 17.6 Å². The summed E-state index contributed by atoms with van der Waals surface area (Å²) in [7, 11) is 0. The van der Waals surface area contributed by atoms with Crippen molar-refractivity contribution in [2.75, 3.05) is 6.54 Å². The molecule has 0 amide bonds. The van der Waals surface area contributed by atoms with E-state index in [4.69, 9.17) is 0 Å². The van der Waals surface area contributed by atoms with Gasteiger partial charge in [0.1, 0.15) is 0 Å². The van der Waals surface area contributed by atoms with Crippen molar-refractivity contribution in [2.45, 2.75) is 33.2 Å². The zero-order chi connectivity index (χ0) is 13.0. The third kappa shape index (κ3) is 3.30. The second-order valence-electron chi connectivity index (χ2n) is 5.39.